The van der Waals surface area contributed by atoms with Crippen LogP contribution in [0.15, 0.2) is 42.6 Å². The molecule has 1 aromatic heterocycles. The van der Waals surface area contributed by atoms with E-state index in [4.69, 9.17) is 9.47 Å². The van der Waals surface area contributed by atoms with Crippen LogP contribution in [0.4, 0.5) is 26.5 Å². The van der Waals surface area contributed by atoms with Crippen molar-refractivity contribution in [2.75, 3.05) is 36.4 Å². The molecule has 1 saturated heterocycles. The fraction of sp³-hybridized carbons (Fsp3) is 0.438. The highest BCUT2D eigenvalue weighted by Crippen LogP contribution is 2.50. The number of benzene rings is 2. The molecule has 43 heavy (non-hydrogen) atoms. The van der Waals surface area contributed by atoms with Gasteiger partial charge in [-0.15, -0.1) is 0 Å². The summed E-state index contributed by atoms with van der Waals surface area (Å²) in [4.78, 5) is 37.8. The average Bonchev–Trinajstić information content (AvgIpc) is 3.91. The zero-order valence-electron chi connectivity index (χ0n) is 24.6. The molecule has 3 aromatic rings. The third-order valence-corrected chi connectivity index (χ3v) is 8.22. The predicted molar refractivity (Wildman–Crippen MR) is 159 cm³/mol. The quantitative estimate of drug-likeness (QED) is 0.398. The molecule has 10 nitrogen and oxygen atoms in total. The Kier molecular flexibility index (Phi) is 6.44. The summed E-state index contributed by atoms with van der Waals surface area (Å²) in [6.45, 7) is 7.97. The summed E-state index contributed by atoms with van der Waals surface area (Å²) in [7, 11) is 0. The highest BCUT2D eigenvalue weighted by Gasteiger charge is 2.52. The molecule has 2 N–H and O–H groups in total. The molecule has 0 unspecified atom stereocenters. The lowest BCUT2D eigenvalue weighted by Gasteiger charge is -2.37. The molecule has 2 aromatic carbocycles. The minimum absolute atomic E-state index is 0.115. The maximum atomic E-state index is 15.0. The van der Waals surface area contributed by atoms with E-state index in [2.05, 4.69) is 25.5 Å². The molecule has 2 amide bonds. The van der Waals surface area contributed by atoms with Crippen LogP contribution in [0.5, 0.6) is 5.75 Å². The second-order valence-corrected chi connectivity index (χ2v) is 12.8. The number of carbonyl (C=O) groups is 2. The summed E-state index contributed by atoms with van der Waals surface area (Å²) < 4.78 is 26.7. The molecule has 11 heteroatoms. The molecule has 0 atom stereocenters. The van der Waals surface area contributed by atoms with Gasteiger partial charge in [-0.25, -0.2) is 19.2 Å². The summed E-state index contributed by atoms with van der Waals surface area (Å²) in [5.41, 5.74) is 3.01. The Morgan fingerprint density at radius 2 is 1.86 bits per heavy atom. The standard InChI is InChI=1S/C32H35FN6O4/c1-31(2,3)43-30(41)39-14-12-38(13-15-39)20-5-9-26(42-21-6-7-21)25(17-20)35-29-34-18-24(33)27(36-29)19-4-8-23-22(16-19)28(40)37-32(23)10-11-32/h4-5,8-9,16-18,21H,6-7,10-15H2,1-3H3,(H,37,40)(H,34,35,36). The summed E-state index contributed by atoms with van der Waals surface area (Å²) in [5.74, 6) is 0.175. The van der Waals surface area contributed by atoms with E-state index < -0.39 is 11.4 Å². The number of hydrogen-bond donors (Lipinski definition) is 2. The zero-order chi connectivity index (χ0) is 29.9. The first-order chi connectivity index (χ1) is 20.6. The number of aromatic nitrogens is 2. The van der Waals surface area contributed by atoms with Gasteiger partial charge >= 0.3 is 6.09 Å². The number of hydrogen-bond acceptors (Lipinski definition) is 8. The molecule has 2 aliphatic carbocycles. The van der Waals surface area contributed by atoms with Crippen molar-refractivity contribution < 1.29 is 23.5 Å². The Hall–Kier alpha value is -4.41. The van der Waals surface area contributed by atoms with E-state index in [1.807, 2.05) is 51.1 Å². The third kappa shape index (κ3) is 5.55. The zero-order valence-corrected chi connectivity index (χ0v) is 24.6. The van der Waals surface area contributed by atoms with E-state index in [0.717, 1.165) is 43.1 Å². The number of carbonyl (C=O) groups excluding carboxylic acids is 2. The van der Waals surface area contributed by atoms with Gasteiger partial charge < -0.3 is 29.9 Å². The Bertz CT molecular complexity index is 1610. The van der Waals surface area contributed by atoms with Crippen molar-refractivity contribution in [3.63, 3.8) is 0 Å². The van der Waals surface area contributed by atoms with E-state index in [9.17, 15) is 9.59 Å². The Morgan fingerprint density at radius 3 is 2.56 bits per heavy atom. The minimum Gasteiger partial charge on any atom is -0.488 e. The fourth-order valence-electron chi connectivity index (χ4n) is 5.67. The number of fused-ring (bicyclic) bond motifs is 2. The maximum Gasteiger partial charge on any atom is 0.410 e. The molecule has 7 rings (SSSR count). The third-order valence-electron chi connectivity index (χ3n) is 8.22. The van der Waals surface area contributed by atoms with E-state index >= 15 is 4.39 Å². The van der Waals surface area contributed by atoms with Gasteiger partial charge in [-0.1, -0.05) is 12.1 Å². The lowest BCUT2D eigenvalue weighted by Crippen LogP contribution is -2.50. The topological polar surface area (TPSA) is 109 Å². The first-order valence-corrected chi connectivity index (χ1v) is 14.9. The van der Waals surface area contributed by atoms with Crippen LogP contribution in [0.3, 0.4) is 0 Å². The Balaban J connectivity index is 1.12. The Morgan fingerprint density at radius 1 is 1.09 bits per heavy atom. The van der Waals surface area contributed by atoms with E-state index in [0.29, 0.717) is 48.7 Å². The SMILES string of the molecule is CC(C)(C)OC(=O)N1CCN(c2ccc(OC3CC3)c(Nc3ncc(F)c(-c4ccc5c(c4)C(=O)NC54CC4)n3)c2)CC1. The van der Waals surface area contributed by atoms with Crippen LogP contribution in [0.2, 0.25) is 0 Å². The van der Waals surface area contributed by atoms with Crippen molar-refractivity contribution in [1.29, 1.82) is 0 Å². The first kappa shape index (κ1) is 27.4. The van der Waals surface area contributed by atoms with Gasteiger partial charge in [0.1, 0.15) is 17.0 Å². The van der Waals surface area contributed by atoms with Gasteiger partial charge in [0.05, 0.1) is 23.5 Å². The molecular weight excluding hydrogens is 551 g/mol. The number of halogens is 1. The van der Waals surface area contributed by atoms with Gasteiger partial charge in [-0.2, -0.15) is 0 Å². The van der Waals surface area contributed by atoms with Crippen molar-refractivity contribution in [2.24, 2.45) is 0 Å². The van der Waals surface area contributed by atoms with Crippen molar-refractivity contribution in [2.45, 2.75) is 63.7 Å². The molecule has 1 spiro atoms. The largest absolute Gasteiger partial charge is 0.488 e. The molecular formula is C32H35FN6O4. The highest BCUT2D eigenvalue weighted by atomic mass is 19.1. The smallest absolute Gasteiger partial charge is 0.410 e. The first-order valence-electron chi connectivity index (χ1n) is 14.9. The minimum atomic E-state index is -0.573. The van der Waals surface area contributed by atoms with Crippen LogP contribution in [0.25, 0.3) is 11.3 Å². The molecule has 0 bridgehead atoms. The maximum absolute atomic E-state index is 15.0. The van der Waals surface area contributed by atoms with Gasteiger partial charge in [0.25, 0.3) is 5.91 Å². The molecule has 224 valence electrons. The monoisotopic (exact) mass is 586 g/mol. The summed E-state index contributed by atoms with van der Waals surface area (Å²) in [6, 6.07) is 11.3. The van der Waals surface area contributed by atoms with Crippen molar-refractivity contribution in [3.8, 4) is 17.0 Å². The van der Waals surface area contributed by atoms with Gasteiger partial charge in [-0.3, -0.25) is 4.79 Å². The predicted octanol–water partition coefficient (Wildman–Crippen LogP) is 5.36. The fourth-order valence-corrected chi connectivity index (χ4v) is 5.67. The van der Waals surface area contributed by atoms with Crippen LogP contribution in [-0.2, 0) is 10.3 Å². The number of nitrogens with one attached hydrogen (secondary N) is 2. The summed E-state index contributed by atoms with van der Waals surface area (Å²) in [6.07, 6.45) is 4.84. The van der Waals surface area contributed by atoms with Crippen molar-refractivity contribution >= 4 is 29.3 Å². The lowest BCUT2D eigenvalue weighted by molar-refractivity contribution is 0.0240. The number of ether oxygens (including phenoxy) is 2. The summed E-state index contributed by atoms with van der Waals surface area (Å²) >= 11 is 0. The molecule has 3 fully saturated rings. The number of rotatable bonds is 6. The van der Waals surface area contributed by atoms with Crippen molar-refractivity contribution in [1.82, 2.24) is 20.2 Å². The normalized spacial score (nSPS) is 18.7. The van der Waals surface area contributed by atoms with E-state index in [-0.39, 0.29) is 35.3 Å². The number of amides is 2. The molecule has 4 aliphatic rings. The van der Waals surface area contributed by atoms with Crippen molar-refractivity contribution in [3.05, 3.63) is 59.5 Å². The van der Waals surface area contributed by atoms with Crippen LogP contribution in [0.1, 0.15) is 62.4 Å². The van der Waals surface area contributed by atoms with E-state index in [1.54, 1.807) is 11.0 Å². The number of anilines is 3. The van der Waals surface area contributed by atoms with Crippen LogP contribution < -0.4 is 20.3 Å². The molecule has 0 radical (unpaired) electrons. The number of nitrogens with zero attached hydrogens (tertiary/aromatic N) is 4. The van der Waals surface area contributed by atoms with Gasteiger partial charge in [0, 0.05) is 43.0 Å². The average molecular weight is 587 g/mol. The molecule has 2 saturated carbocycles. The molecule has 3 heterocycles. The second kappa shape index (κ2) is 10.1. The van der Waals surface area contributed by atoms with E-state index in [1.165, 1.54) is 0 Å². The lowest BCUT2D eigenvalue weighted by atomic mass is 9.99. The van der Waals surface area contributed by atoms with Crippen LogP contribution >= 0.6 is 0 Å². The Labute approximate surface area is 249 Å². The van der Waals surface area contributed by atoms with Gasteiger partial charge in [-0.05, 0) is 76.3 Å². The second-order valence-electron chi connectivity index (χ2n) is 12.8. The van der Waals surface area contributed by atoms with Gasteiger partial charge in [0.2, 0.25) is 5.95 Å². The summed E-state index contributed by atoms with van der Waals surface area (Å²) in [5, 5.41) is 6.32. The highest BCUT2D eigenvalue weighted by molar-refractivity contribution is 6.01. The van der Waals surface area contributed by atoms with Gasteiger partial charge in [0.15, 0.2) is 5.82 Å². The number of piperazine rings is 1. The molecule has 2 aliphatic heterocycles. The van der Waals surface area contributed by atoms with Crippen LogP contribution in [0, 0.1) is 5.82 Å². The van der Waals surface area contributed by atoms with Crippen LogP contribution in [-0.4, -0.2) is 64.8 Å².